The van der Waals surface area contributed by atoms with E-state index in [1.807, 2.05) is 13.8 Å². The maximum atomic E-state index is 13.6. The van der Waals surface area contributed by atoms with Gasteiger partial charge < -0.3 is 10.1 Å². The average molecular weight is 332 g/mol. The Bertz CT molecular complexity index is 892. The van der Waals surface area contributed by atoms with Crippen LogP contribution in [0.1, 0.15) is 11.3 Å². The van der Waals surface area contributed by atoms with Crippen LogP contribution in [0.5, 0.6) is 0 Å². The van der Waals surface area contributed by atoms with E-state index in [-0.39, 0.29) is 0 Å². The normalized spacial score (nSPS) is 11.2. The maximum absolute atomic E-state index is 13.6. The van der Waals surface area contributed by atoms with Crippen LogP contribution in [0.25, 0.3) is 16.7 Å². The van der Waals surface area contributed by atoms with E-state index in [0.29, 0.717) is 30.3 Å². The second kappa shape index (κ2) is 6.52. The highest BCUT2D eigenvalue weighted by atomic mass is 19.2. The molecule has 0 saturated carbocycles. The van der Waals surface area contributed by atoms with E-state index in [0.717, 1.165) is 22.7 Å². The van der Waals surface area contributed by atoms with E-state index in [9.17, 15) is 8.78 Å². The average Bonchev–Trinajstić information content (AvgIpc) is 2.83. The smallest absolute Gasteiger partial charge is 0.160 e. The van der Waals surface area contributed by atoms with Crippen LogP contribution in [0, 0.1) is 25.5 Å². The van der Waals surface area contributed by atoms with Gasteiger partial charge in [0, 0.05) is 25.4 Å². The fourth-order valence-electron chi connectivity index (χ4n) is 2.74. The third-order valence-electron chi connectivity index (χ3n) is 4.05. The van der Waals surface area contributed by atoms with Gasteiger partial charge in [0.05, 0.1) is 17.7 Å². The van der Waals surface area contributed by atoms with Crippen molar-refractivity contribution < 1.29 is 13.5 Å². The van der Waals surface area contributed by atoms with Gasteiger partial charge in [-0.3, -0.25) is 4.57 Å². The van der Waals surface area contributed by atoms with Crippen LogP contribution in [0.4, 0.5) is 14.6 Å². The highest BCUT2D eigenvalue weighted by Gasteiger charge is 2.18. The van der Waals surface area contributed by atoms with Gasteiger partial charge in [-0.15, -0.1) is 0 Å². The van der Waals surface area contributed by atoms with E-state index in [4.69, 9.17) is 4.74 Å². The minimum Gasteiger partial charge on any atom is -0.383 e. The molecule has 7 heteroatoms. The lowest BCUT2D eigenvalue weighted by atomic mass is 10.2. The number of rotatable bonds is 5. The summed E-state index contributed by atoms with van der Waals surface area (Å²) < 4.78 is 33.7. The monoisotopic (exact) mass is 332 g/mol. The molecule has 0 saturated heterocycles. The van der Waals surface area contributed by atoms with Crippen LogP contribution in [0.2, 0.25) is 0 Å². The van der Waals surface area contributed by atoms with Gasteiger partial charge >= 0.3 is 0 Å². The Hall–Kier alpha value is -2.54. The van der Waals surface area contributed by atoms with E-state index in [1.54, 1.807) is 11.7 Å². The number of aromatic nitrogens is 3. The Balaban J connectivity index is 2.17. The minimum absolute atomic E-state index is 0.519. The van der Waals surface area contributed by atoms with Gasteiger partial charge in [-0.2, -0.15) is 0 Å². The zero-order valence-corrected chi connectivity index (χ0v) is 13.7. The summed E-state index contributed by atoms with van der Waals surface area (Å²) in [4.78, 5) is 8.64. The molecule has 126 valence electrons. The van der Waals surface area contributed by atoms with Crippen LogP contribution >= 0.6 is 0 Å². The zero-order valence-electron chi connectivity index (χ0n) is 13.7. The van der Waals surface area contributed by atoms with Gasteiger partial charge in [0.2, 0.25) is 0 Å². The van der Waals surface area contributed by atoms with E-state index in [1.165, 1.54) is 18.5 Å². The number of nitrogens with zero attached hydrogens (tertiary/aromatic N) is 3. The summed E-state index contributed by atoms with van der Waals surface area (Å²) >= 11 is 0. The van der Waals surface area contributed by atoms with E-state index in [2.05, 4.69) is 15.3 Å². The molecule has 0 bridgehead atoms. The molecule has 1 N–H and O–H groups in total. The molecular weight excluding hydrogens is 314 g/mol. The summed E-state index contributed by atoms with van der Waals surface area (Å²) in [7, 11) is 1.63. The van der Waals surface area contributed by atoms with Crippen molar-refractivity contribution in [1.29, 1.82) is 0 Å². The molecular formula is C17H18F2N4O. The topological polar surface area (TPSA) is 52.0 Å². The molecule has 0 aliphatic rings. The Morgan fingerprint density at radius 2 is 1.96 bits per heavy atom. The van der Waals surface area contributed by atoms with Gasteiger partial charge in [0.1, 0.15) is 12.1 Å². The van der Waals surface area contributed by atoms with Crippen LogP contribution in [0.3, 0.4) is 0 Å². The first kappa shape index (κ1) is 16.3. The fourth-order valence-corrected chi connectivity index (χ4v) is 2.74. The predicted molar refractivity (Wildman–Crippen MR) is 88.6 cm³/mol. The number of ether oxygens (including phenoxy) is 1. The second-order valence-electron chi connectivity index (χ2n) is 5.48. The number of aryl methyl sites for hydroxylation is 1. The molecule has 0 spiro atoms. The Labute approximate surface area is 138 Å². The first-order chi connectivity index (χ1) is 11.5. The molecule has 0 atom stereocenters. The highest BCUT2D eigenvalue weighted by Crippen LogP contribution is 2.31. The predicted octanol–water partition coefficient (Wildman–Crippen LogP) is 3.37. The molecule has 0 fully saturated rings. The summed E-state index contributed by atoms with van der Waals surface area (Å²) in [5.41, 5.74) is 3.04. The molecule has 3 aromatic rings. The second-order valence-corrected chi connectivity index (χ2v) is 5.48. The maximum Gasteiger partial charge on any atom is 0.160 e. The lowest BCUT2D eigenvalue weighted by Crippen LogP contribution is -2.09. The molecule has 0 aliphatic carbocycles. The van der Waals surface area contributed by atoms with Crippen molar-refractivity contribution in [3.05, 3.63) is 47.4 Å². The summed E-state index contributed by atoms with van der Waals surface area (Å²) in [5, 5.41) is 4.08. The van der Waals surface area contributed by atoms with Gasteiger partial charge in [0.25, 0.3) is 0 Å². The van der Waals surface area contributed by atoms with Crippen molar-refractivity contribution in [2.75, 3.05) is 25.6 Å². The van der Waals surface area contributed by atoms with Crippen LogP contribution in [-0.2, 0) is 4.74 Å². The van der Waals surface area contributed by atoms with Crippen molar-refractivity contribution in [1.82, 2.24) is 14.5 Å². The molecule has 0 aliphatic heterocycles. The Morgan fingerprint density at radius 1 is 1.17 bits per heavy atom. The number of fused-ring (bicyclic) bond motifs is 1. The SMILES string of the molecule is COCCNc1ncnc2c1c(C)c(C)n2-c1ccc(F)c(F)c1. The number of hydrogen-bond donors (Lipinski definition) is 1. The molecule has 1 aromatic carbocycles. The summed E-state index contributed by atoms with van der Waals surface area (Å²) in [6.07, 6.45) is 1.45. The number of halogens is 2. The van der Waals surface area contributed by atoms with Crippen LogP contribution < -0.4 is 5.32 Å². The van der Waals surface area contributed by atoms with Gasteiger partial charge in [0.15, 0.2) is 17.3 Å². The van der Waals surface area contributed by atoms with Gasteiger partial charge in [-0.25, -0.2) is 18.7 Å². The standard InChI is InChI=1S/C17H18F2N4O/c1-10-11(2)23(12-4-5-13(18)14(19)8-12)17-15(10)16(21-9-22-17)20-6-7-24-3/h4-5,8-9H,6-7H2,1-3H3,(H,20,21,22). The van der Waals surface area contributed by atoms with Gasteiger partial charge in [-0.05, 0) is 31.5 Å². The third-order valence-corrected chi connectivity index (χ3v) is 4.05. The molecule has 2 heterocycles. The van der Waals surface area contributed by atoms with Crippen LogP contribution in [0.15, 0.2) is 24.5 Å². The van der Waals surface area contributed by atoms with Crippen molar-refractivity contribution in [2.24, 2.45) is 0 Å². The lowest BCUT2D eigenvalue weighted by molar-refractivity contribution is 0.210. The number of hydrogen-bond acceptors (Lipinski definition) is 4. The largest absolute Gasteiger partial charge is 0.383 e. The molecule has 0 unspecified atom stereocenters. The number of methoxy groups -OCH3 is 1. The molecule has 2 aromatic heterocycles. The molecule has 5 nitrogen and oxygen atoms in total. The van der Waals surface area contributed by atoms with Crippen molar-refractivity contribution >= 4 is 16.9 Å². The van der Waals surface area contributed by atoms with Gasteiger partial charge in [-0.1, -0.05) is 0 Å². The van der Waals surface area contributed by atoms with Crippen molar-refractivity contribution in [3.8, 4) is 5.69 Å². The van der Waals surface area contributed by atoms with E-state index < -0.39 is 11.6 Å². The molecule has 0 radical (unpaired) electrons. The molecule has 0 amide bonds. The first-order valence-corrected chi connectivity index (χ1v) is 7.55. The highest BCUT2D eigenvalue weighted by molar-refractivity contribution is 5.93. The number of nitrogens with one attached hydrogen (secondary N) is 1. The number of benzene rings is 1. The van der Waals surface area contributed by atoms with E-state index >= 15 is 0 Å². The minimum atomic E-state index is -0.890. The Kier molecular flexibility index (Phi) is 4.44. The zero-order chi connectivity index (χ0) is 17.3. The third kappa shape index (κ3) is 2.71. The fraction of sp³-hybridized carbons (Fsp3) is 0.294. The molecule has 3 rings (SSSR count). The van der Waals surface area contributed by atoms with Crippen molar-refractivity contribution in [3.63, 3.8) is 0 Å². The first-order valence-electron chi connectivity index (χ1n) is 7.55. The Morgan fingerprint density at radius 3 is 2.67 bits per heavy atom. The lowest BCUT2D eigenvalue weighted by Gasteiger charge is -2.09. The quantitative estimate of drug-likeness (QED) is 0.728. The summed E-state index contributed by atoms with van der Waals surface area (Å²) in [5.74, 6) is -1.07. The summed E-state index contributed by atoms with van der Waals surface area (Å²) in [6, 6.07) is 3.82. The van der Waals surface area contributed by atoms with Crippen molar-refractivity contribution in [2.45, 2.75) is 13.8 Å². The molecule has 24 heavy (non-hydrogen) atoms. The number of anilines is 1. The summed E-state index contributed by atoms with van der Waals surface area (Å²) in [6.45, 7) is 5.03. The van der Waals surface area contributed by atoms with Crippen LogP contribution in [-0.4, -0.2) is 34.8 Å².